The van der Waals surface area contributed by atoms with Crippen molar-refractivity contribution >= 4 is 32.1 Å². The molecular formula is C10H14N4O2S2. The quantitative estimate of drug-likeness (QED) is 0.909. The van der Waals surface area contributed by atoms with Crippen LogP contribution >= 0.6 is 11.3 Å². The number of nitrogen functional groups attached to an aromatic ring is 1. The van der Waals surface area contributed by atoms with E-state index in [0.29, 0.717) is 17.4 Å². The van der Waals surface area contributed by atoms with E-state index in [1.165, 1.54) is 15.6 Å². The highest BCUT2D eigenvalue weighted by Crippen LogP contribution is 2.32. The number of anilines is 1. The molecule has 1 fully saturated rings. The van der Waals surface area contributed by atoms with E-state index in [-0.39, 0.29) is 10.8 Å². The van der Waals surface area contributed by atoms with Crippen molar-refractivity contribution in [3.63, 3.8) is 0 Å². The molecule has 1 saturated carbocycles. The molecule has 0 bridgehead atoms. The molecule has 0 spiro atoms. The van der Waals surface area contributed by atoms with E-state index in [0.717, 1.165) is 12.8 Å². The van der Waals surface area contributed by atoms with E-state index in [1.807, 2.05) is 0 Å². The zero-order chi connectivity index (χ0) is 12.9. The summed E-state index contributed by atoms with van der Waals surface area (Å²) in [5.74, 6) is 0.571. The van der Waals surface area contributed by atoms with Gasteiger partial charge < -0.3 is 5.73 Å². The first kappa shape index (κ1) is 11.9. The molecule has 6 nitrogen and oxygen atoms in total. The molecule has 0 unspecified atom stereocenters. The molecule has 0 saturated heterocycles. The normalized spacial score (nSPS) is 16.8. The van der Waals surface area contributed by atoms with Gasteiger partial charge in [-0.15, -0.1) is 11.3 Å². The molecule has 98 valence electrons. The van der Waals surface area contributed by atoms with Gasteiger partial charge in [0, 0.05) is 25.2 Å². The standard InChI is InChI=1S/C10H14N4O2S2/c1-13(6-7-2-3-7)18(15,16)9-8(11)12-10-14(9)4-5-17-10/h4-5,7H,2-3,6,11H2,1H3. The van der Waals surface area contributed by atoms with Gasteiger partial charge in [0.15, 0.2) is 15.8 Å². The fraction of sp³-hybridized carbons (Fsp3) is 0.500. The smallest absolute Gasteiger partial charge is 0.262 e. The third-order valence-electron chi connectivity index (χ3n) is 3.11. The highest BCUT2D eigenvalue weighted by Gasteiger charge is 2.32. The fourth-order valence-corrected chi connectivity index (χ4v) is 4.13. The molecule has 18 heavy (non-hydrogen) atoms. The molecule has 3 rings (SSSR count). The topological polar surface area (TPSA) is 80.7 Å². The Kier molecular flexibility index (Phi) is 2.61. The first-order chi connectivity index (χ1) is 8.50. The Bertz CT molecular complexity index is 684. The largest absolute Gasteiger partial charge is 0.381 e. The van der Waals surface area contributed by atoms with E-state index >= 15 is 0 Å². The van der Waals surface area contributed by atoms with Crippen molar-refractivity contribution in [3.05, 3.63) is 11.6 Å². The average Bonchev–Trinajstić information content (AvgIpc) is 2.88. The third kappa shape index (κ3) is 1.80. The summed E-state index contributed by atoms with van der Waals surface area (Å²) >= 11 is 1.37. The van der Waals surface area contributed by atoms with Crippen molar-refractivity contribution in [2.45, 2.75) is 17.9 Å². The Balaban J connectivity index is 2.05. The number of imidazole rings is 1. The molecule has 1 aliphatic rings. The van der Waals surface area contributed by atoms with Crippen LogP contribution in [0.25, 0.3) is 4.96 Å². The maximum atomic E-state index is 12.5. The van der Waals surface area contributed by atoms with Crippen LogP contribution in [0, 0.1) is 5.92 Å². The fourth-order valence-electron chi connectivity index (χ4n) is 1.95. The summed E-state index contributed by atoms with van der Waals surface area (Å²) in [7, 11) is -1.97. The van der Waals surface area contributed by atoms with Crippen molar-refractivity contribution in [3.8, 4) is 0 Å². The van der Waals surface area contributed by atoms with Gasteiger partial charge in [-0.2, -0.15) is 4.31 Å². The average molecular weight is 286 g/mol. The Labute approximate surface area is 109 Å². The summed E-state index contributed by atoms with van der Waals surface area (Å²) in [6.45, 7) is 0.555. The van der Waals surface area contributed by atoms with Crippen molar-refractivity contribution in [1.82, 2.24) is 13.7 Å². The molecule has 8 heteroatoms. The monoisotopic (exact) mass is 286 g/mol. The first-order valence-corrected chi connectivity index (χ1v) is 7.99. The van der Waals surface area contributed by atoms with Gasteiger partial charge in [-0.05, 0) is 18.8 Å². The molecular weight excluding hydrogens is 272 g/mol. The van der Waals surface area contributed by atoms with Crippen LogP contribution in [0.4, 0.5) is 5.82 Å². The van der Waals surface area contributed by atoms with Crippen LogP contribution in [0.1, 0.15) is 12.8 Å². The van der Waals surface area contributed by atoms with E-state index in [4.69, 9.17) is 5.73 Å². The summed E-state index contributed by atoms with van der Waals surface area (Å²) in [6.07, 6.45) is 3.90. The second-order valence-electron chi connectivity index (χ2n) is 4.59. The van der Waals surface area contributed by atoms with E-state index in [9.17, 15) is 8.42 Å². The third-order valence-corrected chi connectivity index (χ3v) is 5.73. The summed E-state index contributed by atoms with van der Waals surface area (Å²) in [5.41, 5.74) is 5.74. The Hall–Kier alpha value is -1.12. The lowest BCUT2D eigenvalue weighted by atomic mass is 10.4. The van der Waals surface area contributed by atoms with E-state index in [1.54, 1.807) is 23.0 Å². The molecule has 2 aromatic rings. The van der Waals surface area contributed by atoms with Gasteiger partial charge in [-0.25, -0.2) is 13.4 Å². The number of rotatable bonds is 4. The Morgan fingerprint density at radius 2 is 2.33 bits per heavy atom. The molecule has 2 N–H and O–H groups in total. The van der Waals surface area contributed by atoms with Gasteiger partial charge in [0.25, 0.3) is 10.0 Å². The van der Waals surface area contributed by atoms with Gasteiger partial charge in [0.05, 0.1) is 0 Å². The lowest BCUT2D eigenvalue weighted by Gasteiger charge is -2.16. The molecule has 0 aromatic carbocycles. The van der Waals surface area contributed by atoms with E-state index in [2.05, 4.69) is 4.98 Å². The number of nitrogens with zero attached hydrogens (tertiary/aromatic N) is 3. The molecule has 0 aliphatic heterocycles. The minimum absolute atomic E-state index is 0.0736. The van der Waals surface area contributed by atoms with Gasteiger partial charge in [-0.3, -0.25) is 4.40 Å². The van der Waals surface area contributed by atoms with Crippen LogP contribution in [0.2, 0.25) is 0 Å². The van der Waals surface area contributed by atoms with Gasteiger partial charge in [0.2, 0.25) is 0 Å². The molecule has 2 heterocycles. The van der Waals surface area contributed by atoms with E-state index < -0.39 is 10.0 Å². The highest BCUT2D eigenvalue weighted by atomic mass is 32.2. The molecule has 0 amide bonds. The van der Waals surface area contributed by atoms with Crippen LogP contribution < -0.4 is 5.73 Å². The van der Waals surface area contributed by atoms with Crippen molar-refractivity contribution in [2.75, 3.05) is 19.3 Å². The van der Waals surface area contributed by atoms with Crippen LogP contribution in [0.3, 0.4) is 0 Å². The zero-order valence-electron chi connectivity index (χ0n) is 9.91. The van der Waals surface area contributed by atoms with Crippen LogP contribution in [0.5, 0.6) is 0 Å². The van der Waals surface area contributed by atoms with Gasteiger partial charge >= 0.3 is 0 Å². The van der Waals surface area contributed by atoms with Crippen molar-refractivity contribution < 1.29 is 8.42 Å². The minimum Gasteiger partial charge on any atom is -0.381 e. The van der Waals surface area contributed by atoms with Crippen LogP contribution in [-0.4, -0.2) is 35.7 Å². The summed E-state index contributed by atoms with van der Waals surface area (Å²) in [6, 6.07) is 0. The SMILES string of the molecule is CN(CC1CC1)S(=O)(=O)c1c(N)nc2sccn12. The Morgan fingerprint density at radius 1 is 1.61 bits per heavy atom. The summed E-state index contributed by atoms with van der Waals surface area (Å²) in [4.78, 5) is 4.67. The van der Waals surface area contributed by atoms with Crippen LogP contribution in [0.15, 0.2) is 16.6 Å². The number of hydrogen-bond acceptors (Lipinski definition) is 5. The lowest BCUT2D eigenvalue weighted by Crippen LogP contribution is -2.30. The first-order valence-electron chi connectivity index (χ1n) is 5.67. The summed E-state index contributed by atoms with van der Waals surface area (Å²) in [5, 5.41) is 1.88. The number of hydrogen-bond donors (Lipinski definition) is 1. The minimum atomic E-state index is -3.56. The zero-order valence-corrected chi connectivity index (χ0v) is 11.5. The van der Waals surface area contributed by atoms with Crippen molar-refractivity contribution in [2.24, 2.45) is 5.92 Å². The number of thiazole rings is 1. The second-order valence-corrected chi connectivity index (χ2v) is 7.42. The molecule has 1 aliphatic carbocycles. The predicted molar refractivity (Wildman–Crippen MR) is 70.0 cm³/mol. The summed E-state index contributed by atoms with van der Waals surface area (Å²) < 4.78 is 27.9. The van der Waals surface area contributed by atoms with Gasteiger partial charge in [0.1, 0.15) is 0 Å². The number of nitrogens with two attached hydrogens (primary N) is 1. The van der Waals surface area contributed by atoms with Gasteiger partial charge in [-0.1, -0.05) is 0 Å². The predicted octanol–water partition coefficient (Wildman–Crippen LogP) is 1.01. The molecule has 0 atom stereocenters. The molecule has 2 aromatic heterocycles. The van der Waals surface area contributed by atoms with Crippen molar-refractivity contribution in [1.29, 1.82) is 0 Å². The maximum absolute atomic E-state index is 12.5. The maximum Gasteiger partial charge on any atom is 0.262 e. The number of aromatic nitrogens is 2. The highest BCUT2D eigenvalue weighted by molar-refractivity contribution is 7.89. The number of fused-ring (bicyclic) bond motifs is 1. The Morgan fingerprint density at radius 3 is 3.00 bits per heavy atom. The molecule has 0 radical (unpaired) electrons. The number of sulfonamides is 1. The second kappa shape index (κ2) is 3.94. The lowest BCUT2D eigenvalue weighted by molar-refractivity contribution is 0.450. The van der Waals surface area contributed by atoms with Crippen LogP contribution in [-0.2, 0) is 10.0 Å².